The van der Waals surface area contributed by atoms with Crippen molar-refractivity contribution in [2.75, 3.05) is 5.32 Å². The lowest BCUT2D eigenvalue weighted by Crippen LogP contribution is -2.15. The Labute approximate surface area is 141 Å². The topological polar surface area (TPSA) is 55.1 Å². The smallest absolute Gasteiger partial charge is 0.230 e. The average Bonchev–Trinajstić information content (AvgIpc) is 2.99. The van der Waals surface area contributed by atoms with Crippen molar-refractivity contribution in [3.63, 3.8) is 0 Å². The number of rotatable bonds is 4. The van der Waals surface area contributed by atoms with Gasteiger partial charge < -0.3 is 9.84 Å². The molecule has 1 N–H and O–H groups in total. The molecule has 4 nitrogen and oxygen atoms in total. The Morgan fingerprint density at radius 1 is 1.00 bits per heavy atom. The van der Waals surface area contributed by atoms with Crippen LogP contribution >= 0.6 is 0 Å². The number of nitrogens with zero attached hydrogens (tertiary/aromatic N) is 1. The van der Waals surface area contributed by atoms with E-state index in [9.17, 15) is 4.79 Å². The zero-order chi connectivity index (χ0) is 17.1. The lowest BCUT2D eigenvalue weighted by molar-refractivity contribution is -0.115. The van der Waals surface area contributed by atoms with Gasteiger partial charge in [0.25, 0.3) is 0 Å². The second kappa shape index (κ2) is 6.71. The van der Waals surface area contributed by atoms with E-state index >= 15 is 0 Å². The number of aryl methyl sites for hydroxylation is 3. The van der Waals surface area contributed by atoms with Crippen LogP contribution in [-0.4, -0.2) is 11.1 Å². The second-order valence-corrected chi connectivity index (χ2v) is 6.09. The SMILES string of the molecule is Cc1ccc(-c2cc(CC(=O)Nc3ccc(C)cc3C)no2)cc1. The summed E-state index contributed by atoms with van der Waals surface area (Å²) in [5, 5.41) is 6.92. The minimum absolute atomic E-state index is 0.106. The summed E-state index contributed by atoms with van der Waals surface area (Å²) in [5.41, 5.74) is 5.80. The van der Waals surface area contributed by atoms with Gasteiger partial charge in [0, 0.05) is 17.3 Å². The quantitative estimate of drug-likeness (QED) is 0.773. The molecule has 0 atom stereocenters. The summed E-state index contributed by atoms with van der Waals surface area (Å²) >= 11 is 0. The molecule has 1 heterocycles. The number of aromatic nitrogens is 1. The van der Waals surface area contributed by atoms with Crippen molar-refractivity contribution in [1.29, 1.82) is 0 Å². The first-order valence-corrected chi connectivity index (χ1v) is 7.91. The summed E-state index contributed by atoms with van der Waals surface area (Å²) in [6.45, 7) is 6.04. The second-order valence-electron chi connectivity index (χ2n) is 6.09. The van der Waals surface area contributed by atoms with Crippen LogP contribution in [0.5, 0.6) is 0 Å². The van der Waals surface area contributed by atoms with Gasteiger partial charge in [0.05, 0.1) is 12.1 Å². The molecule has 0 aliphatic heterocycles. The summed E-state index contributed by atoms with van der Waals surface area (Å²) in [6.07, 6.45) is 0.183. The van der Waals surface area contributed by atoms with Crippen molar-refractivity contribution in [2.24, 2.45) is 0 Å². The zero-order valence-corrected chi connectivity index (χ0v) is 14.1. The number of hydrogen-bond donors (Lipinski definition) is 1. The fraction of sp³-hybridized carbons (Fsp3) is 0.200. The van der Waals surface area contributed by atoms with E-state index in [1.165, 1.54) is 11.1 Å². The van der Waals surface area contributed by atoms with Gasteiger partial charge in [0.15, 0.2) is 5.76 Å². The number of nitrogens with one attached hydrogen (secondary N) is 1. The number of hydrogen-bond acceptors (Lipinski definition) is 3. The van der Waals surface area contributed by atoms with E-state index in [2.05, 4.69) is 10.5 Å². The Kier molecular flexibility index (Phi) is 4.47. The summed E-state index contributed by atoms with van der Waals surface area (Å²) < 4.78 is 5.35. The fourth-order valence-electron chi connectivity index (χ4n) is 2.56. The molecule has 2 aromatic carbocycles. The van der Waals surface area contributed by atoms with Crippen LogP contribution in [0.3, 0.4) is 0 Å². The van der Waals surface area contributed by atoms with E-state index in [0.717, 1.165) is 16.8 Å². The molecule has 0 aliphatic carbocycles. The molecule has 24 heavy (non-hydrogen) atoms. The van der Waals surface area contributed by atoms with Crippen LogP contribution in [-0.2, 0) is 11.2 Å². The van der Waals surface area contributed by atoms with Crippen LogP contribution in [0.2, 0.25) is 0 Å². The van der Waals surface area contributed by atoms with E-state index in [-0.39, 0.29) is 12.3 Å². The molecule has 0 spiro atoms. The minimum atomic E-state index is -0.106. The van der Waals surface area contributed by atoms with Crippen LogP contribution in [0.25, 0.3) is 11.3 Å². The molecule has 0 bridgehead atoms. The van der Waals surface area contributed by atoms with E-state index in [4.69, 9.17) is 4.52 Å². The van der Waals surface area contributed by atoms with Gasteiger partial charge in [-0.05, 0) is 32.4 Å². The molecule has 4 heteroatoms. The van der Waals surface area contributed by atoms with Gasteiger partial charge in [-0.25, -0.2) is 0 Å². The normalized spacial score (nSPS) is 10.6. The highest BCUT2D eigenvalue weighted by Gasteiger charge is 2.11. The van der Waals surface area contributed by atoms with Crippen LogP contribution in [0.1, 0.15) is 22.4 Å². The third-order valence-corrected chi connectivity index (χ3v) is 3.89. The van der Waals surface area contributed by atoms with Crippen LogP contribution in [0.15, 0.2) is 53.1 Å². The van der Waals surface area contributed by atoms with Crippen molar-refractivity contribution in [3.05, 3.63) is 70.9 Å². The van der Waals surface area contributed by atoms with E-state index in [0.29, 0.717) is 11.5 Å². The van der Waals surface area contributed by atoms with Gasteiger partial charge in [0.2, 0.25) is 5.91 Å². The van der Waals surface area contributed by atoms with Crippen molar-refractivity contribution >= 4 is 11.6 Å². The van der Waals surface area contributed by atoms with Gasteiger partial charge in [0.1, 0.15) is 0 Å². The Balaban J connectivity index is 1.68. The van der Waals surface area contributed by atoms with E-state index in [1.807, 2.05) is 69.3 Å². The standard InChI is InChI=1S/C20H20N2O2/c1-13-4-7-16(8-5-13)19-11-17(22-24-19)12-20(23)21-18-9-6-14(2)10-15(18)3/h4-11H,12H2,1-3H3,(H,21,23). The molecule has 0 saturated heterocycles. The summed E-state index contributed by atoms with van der Waals surface area (Å²) in [7, 11) is 0. The predicted molar refractivity (Wildman–Crippen MR) is 94.9 cm³/mol. The first kappa shape index (κ1) is 16.0. The monoisotopic (exact) mass is 320 g/mol. The largest absolute Gasteiger partial charge is 0.356 e. The summed E-state index contributed by atoms with van der Waals surface area (Å²) in [6, 6.07) is 15.8. The maximum atomic E-state index is 12.2. The maximum absolute atomic E-state index is 12.2. The molecule has 0 aliphatic rings. The van der Waals surface area contributed by atoms with Crippen LogP contribution < -0.4 is 5.32 Å². The molecule has 3 aromatic rings. The Hall–Kier alpha value is -2.88. The molecule has 1 amide bonds. The lowest BCUT2D eigenvalue weighted by Gasteiger charge is -2.08. The van der Waals surface area contributed by atoms with Gasteiger partial charge >= 0.3 is 0 Å². The first-order chi connectivity index (χ1) is 11.5. The third kappa shape index (κ3) is 3.71. The number of anilines is 1. The number of amides is 1. The molecule has 122 valence electrons. The highest BCUT2D eigenvalue weighted by atomic mass is 16.5. The van der Waals surface area contributed by atoms with Gasteiger partial charge in [-0.15, -0.1) is 0 Å². The van der Waals surface area contributed by atoms with Crippen LogP contribution in [0, 0.1) is 20.8 Å². The summed E-state index contributed by atoms with van der Waals surface area (Å²) in [5.74, 6) is 0.565. The number of carbonyl (C=O) groups is 1. The molecule has 1 aromatic heterocycles. The molecule has 0 unspecified atom stereocenters. The predicted octanol–water partition coefficient (Wildman–Crippen LogP) is 4.45. The third-order valence-electron chi connectivity index (χ3n) is 3.89. The molecule has 0 saturated carbocycles. The summed E-state index contributed by atoms with van der Waals surface area (Å²) in [4.78, 5) is 12.2. The number of benzene rings is 2. The molecule has 0 fully saturated rings. The maximum Gasteiger partial charge on any atom is 0.230 e. The molecule has 3 rings (SSSR count). The Morgan fingerprint density at radius 3 is 2.42 bits per heavy atom. The van der Waals surface area contributed by atoms with E-state index in [1.54, 1.807) is 0 Å². The van der Waals surface area contributed by atoms with Gasteiger partial charge in [-0.2, -0.15) is 0 Å². The first-order valence-electron chi connectivity index (χ1n) is 7.91. The average molecular weight is 320 g/mol. The molecular formula is C20H20N2O2. The van der Waals surface area contributed by atoms with Gasteiger partial charge in [-0.3, -0.25) is 4.79 Å². The van der Waals surface area contributed by atoms with Crippen molar-refractivity contribution in [3.8, 4) is 11.3 Å². The lowest BCUT2D eigenvalue weighted by atomic mass is 10.1. The van der Waals surface area contributed by atoms with Crippen molar-refractivity contribution < 1.29 is 9.32 Å². The van der Waals surface area contributed by atoms with Crippen LogP contribution in [0.4, 0.5) is 5.69 Å². The highest BCUT2D eigenvalue weighted by Crippen LogP contribution is 2.21. The van der Waals surface area contributed by atoms with Crippen molar-refractivity contribution in [2.45, 2.75) is 27.2 Å². The highest BCUT2D eigenvalue weighted by molar-refractivity contribution is 5.92. The minimum Gasteiger partial charge on any atom is -0.356 e. The fourth-order valence-corrected chi connectivity index (χ4v) is 2.56. The number of carbonyl (C=O) groups excluding carboxylic acids is 1. The Morgan fingerprint density at radius 2 is 1.71 bits per heavy atom. The Bertz CT molecular complexity index is 864. The molecular weight excluding hydrogens is 300 g/mol. The van der Waals surface area contributed by atoms with Gasteiger partial charge in [-0.1, -0.05) is 52.7 Å². The zero-order valence-electron chi connectivity index (χ0n) is 14.1. The van der Waals surface area contributed by atoms with E-state index < -0.39 is 0 Å². The van der Waals surface area contributed by atoms with Crippen molar-refractivity contribution in [1.82, 2.24) is 5.16 Å². The molecule has 0 radical (unpaired) electrons.